The summed E-state index contributed by atoms with van der Waals surface area (Å²) in [6.45, 7) is 1.74. The average molecular weight is 418 g/mol. The van der Waals surface area contributed by atoms with Crippen molar-refractivity contribution in [2.24, 2.45) is 21.0 Å². The van der Waals surface area contributed by atoms with Crippen molar-refractivity contribution in [1.82, 2.24) is 14.8 Å². The van der Waals surface area contributed by atoms with Gasteiger partial charge in [0.05, 0.1) is 16.3 Å². The van der Waals surface area contributed by atoms with Gasteiger partial charge in [0.2, 0.25) is 0 Å². The first-order chi connectivity index (χ1) is 13.3. The summed E-state index contributed by atoms with van der Waals surface area (Å²) in [5.41, 5.74) is 0.803. The Balaban J connectivity index is 1.68. The molecular formula is C17H13Cl2N7O2. The van der Waals surface area contributed by atoms with Crippen LogP contribution in [0.1, 0.15) is 16.1 Å². The number of amidine groups is 1. The van der Waals surface area contributed by atoms with Crippen molar-refractivity contribution in [2.75, 3.05) is 12.4 Å². The second kappa shape index (κ2) is 6.84. The Kier molecular flexibility index (Phi) is 4.48. The molecule has 1 aromatic heterocycles. The summed E-state index contributed by atoms with van der Waals surface area (Å²) in [6, 6.07) is 6.21. The molecule has 2 amide bonds. The number of benzene rings is 1. The van der Waals surface area contributed by atoms with Gasteiger partial charge in [-0.15, -0.1) is 0 Å². The van der Waals surface area contributed by atoms with Crippen LogP contribution in [0.5, 0.6) is 0 Å². The maximum Gasteiger partial charge on any atom is 0.265 e. The lowest BCUT2D eigenvalue weighted by Gasteiger charge is -2.17. The lowest BCUT2D eigenvalue weighted by molar-refractivity contribution is -0.118. The summed E-state index contributed by atoms with van der Waals surface area (Å²) in [4.78, 5) is 33.3. The first kappa shape index (κ1) is 18.3. The highest BCUT2D eigenvalue weighted by atomic mass is 35.5. The summed E-state index contributed by atoms with van der Waals surface area (Å²) in [7, 11) is 1.68. The number of fused-ring (bicyclic) bond motifs is 1. The Bertz CT molecular complexity index is 1100. The molecular weight excluding hydrogens is 405 g/mol. The number of nitrogens with one attached hydrogen (secondary N) is 1. The van der Waals surface area contributed by atoms with Crippen molar-refractivity contribution in [3.8, 4) is 0 Å². The fourth-order valence-electron chi connectivity index (χ4n) is 2.80. The van der Waals surface area contributed by atoms with E-state index in [9.17, 15) is 9.59 Å². The molecule has 142 valence electrons. The van der Waals surface area contributed by atoms with Gasteiger partial charge in [0.25, 0.3) is 17.8 Å². The normalized spacial score (nSPS) is 18.1. The molecule has 2 aliphatic heterocycles. The van der Waals surface area contributed by atoms with E-state index in [0.29, 0.717) is 16.6 Å². The molecule has 0 saturated carbocycles. The number of carbonyl (C=O) groups excluding carboxylic acids is 2. The summed E-state index contributed by atoms with van der Waals surface area (Å²) in [5, 5.41) is 13.2. The molecule has 11 heteroatoms. The molecule has 28 heavy (non-hydrogen) atoms. The third-order valence-corrected chi connectivity index (χ3v) is 4.69. The lowest BCUT2D eigenvalue weighted by Crippen LogP contribution is -2.35. The van der Waals surface area contributed by atoms with Crippen LogP contribution in [0.15, 0.2) is 39.4 Å². The highest BCUT2D eigenvalue weighted by molar-refractivity contribution is 6.36. The van der Waals surface area contributed by atoms with E-state index < -0.39 is 17.7 Å². The van der Waals surface area contributed by atoms with Gasteiger partial charge in [0.15, 0.2) is 0 Å². The minimum Gasteiger partial charge on any atom is -0.306 e. The van der Waals surface area contributed by atoms with Gasteiger partial charge in [-0.3, -0.25) is 14.6 Å². The maximum atomic E-state index is 12.7. The first-order valence-electron chi connectivity index (χ1n) is 8.16. The van der Waals surface area contributed by atoms with E-state index in [1.807, 2.05) is 0 Å². The summed E-state index contributed by atoms with van der Waals surface area (Å²) < 4.78 is 1.29. The van der Waals surface area contributed by atoms with Crippen LogP contribution in [0, 0.1) is 12.8 Å². The summed E-state index contributed by atoms with van der Waals surface area (Å²) in [6.07, 6.45) is 1.49. The number of hydrogen-bond acceptors (Lipinski definition) is 6. The van der Waals surface area contributed by atoms with Crippen LogP contribution in [0.4, 0.5) is 5.82 Å². The second-order valence-electron chi connectivity index (χ2n) is 6.15. The van der Waals surface area contributed by atoms with Crippen LogP contribution < -0.4 is 5.32 Å². The zero-order chi connectivity index (χ0) is 20.0. The van der Waals surface area contributed by atoms with Crippen molar-refractivity contribution in [2.45, 2.75) is 6.92 Å². The van der Waals surface area contributed by atoms with Crippen molar-refractivity contribution < 1.29 is 9.59 Å². The number of aliphatic imine (C=N–C) groups is 2. The van der Waals surface area contributed by atoms with Crippen LogP contribution in [0.25, 0.3) is 0 Å². The number of rotatable bonds is 2. The minimum absolute atomic E-state index is 0.0363. The van der Waals surface area contributed by atoms with Gasteiger partial charge in [-0.25, -0.2) is 0 Å². The number of hydrogen-bond donors (Lipinski definition) is 1. The predicted octanol–water partition coefficient (Wildman–Crippen LogP) is 2.44. The van der Waals surface area contributed by atoms with Crippen molar-refractivity contribution in [1.29, 1.82) is 0 Å². The largest absolute Gasteiger partial charge is 0.306 e. The molecule has 0 spiro atoms. The smallest absolute Gasteiger partial charge is 0.265 e. The first-order valence-corrected chi connectivity index (χ1v) is 8.91. The number of anilines is 1. The Hall–Kier alpha value is -3.04. The molecule has 1 unspecified atom stereocenters. The van der Waals surface area contributed by atoms with Gasteiger partial charge in [-0.1, -0.05) is 23.2 Å². The second-order valence-corrected chi connectivity index (χ2v) is 6.99. The van der Waals surface area contributed by atoms with E-state index >= 15 is 0 Å². The third-order valence-electron chi connectivity index (χ3n) is 4.13. The molecule has 0 radical (unpaired) electrons. The van der Waals surface area contributed by atoms with Crippen molar-refractivity contribution in [3.63, 3.8) is 0 Å². The fourth-order valence-corrected chi connectivity index (χ4v) is 3.17. The standard InChI is InChI=1S/C17H13Cl2N7O2/c1-8-5-13(21-15(27)10-6-9(18)3-4-12(10)19)26(24-8)17-22-14-11(16(28)23-17)7-20-25(14)2/h3-7,11H,1-2H3,(H,21,27). The Morgan fingerprint density at radius 1 is 1.21 bits per heavy atom. The van der Waals surface area contributed by atoms with Gasteiger partial charge >= 0.3 is 0 Å². The molecule has 0 fully saturated rings. The maximum absolute atomic E-state index is 12.7. The van der Waals surface area contributed by atoms with E-state index in [4.69, 9.17) is 23.2 Å². The molecule has 0 aliphatic carbocycles. The van der Waals surface area contributed by atoms with Gasteiger partial charge in [0, 0.05) is 24.4 Å². The number of halogens is 2. The molecule has 9 nitrogen and oxygen atoms in total. The predicted molar refractivity (Wildman–Crippen MR) is 106 cm³/mol. The van der Waals surface area contributed by atoms with Crippen LogP contribution in [0.3, 0.4) is 0 Å². The van der Waals surface area contributed by atoms with Crippen LogP contribution >= 0.6 is 23.2 Å². The number of hydrazone groups is 1. The molecule has 2 aliphatic rings. The van der Waals surface area contributed by atoms with Gasteiger partial charge in [-0.2, -0.15) is 24.9 Å². The van der Waals surface area contributed by atoms with Gasteiger partial charge < -0.3 is 5.32 Å². The molecule has 2 aromatic rings. The topological polar surface area (TPSA) is 104 Å². The molecule has 3 heterocycles. The molecule has 1 N–H and O–H groups in total. The fraction of sp³-hybridized carbons (Fsp3) is 0.176. The van der Waals surface area contributed by atoms with Crippen LogP contribution in [0.2, 0.25) is 10.0 Å². The third kappa shape index (κ3) is 3.19. The summed E-state index contributed by atoms with van der Waals surface area (Å²) >= 11 is 12.1. The monoisotopic (exact) mass is 417 g/mol. The molecule has 4 rings (SSSR count). The SMILES string of the molecule is Cc1cc(NC(=O)c2cc(Cl)ccc2Cl)n(C2=NC(=O)C3C=NN(C)C3=N2)n1. The molecule has 1 atom stereocenters. The van der Waals surface area contributed by atoms with Crippen molar-refractivity contribution >= 4 is 58.8 Å². The minimum atomic E-state index is -0.603. The zero-order valence-electron chi connectivity index (χ0n) is 14.7. The number of aromatic nitrogens is 2. The Morgan fingerprint density at radius 3 is 2.79 bits per heavy atom. The highest BCUT2D eigenvalue weighted by Gasteiger charge is 2.35. The van der Waals surface area contributed by atoms with Crippen molar-refractivity contribution in [3.05, 3.63) is 45.6 Å². The van der Waals surface area contributed by atoms with E-state index in [1.165, 1.54) is 28.0 Å². The average Bonchev–Trinajstić information content (AvgIpc) is 3.20. The van der Waals surface area contributed by atoms with Gasteiger partial charge in [-0.05, 0) is 25.1 Å². The summed E-state index contributed by atoms with van der Waals surface area (Å²) in [5.74, 6) is -0.727. The van der Waals surface area contributed by atoms with Gasteiger partial charge in [0.1, 0.15) is 17.6 Å². The number of amides is 2. The quantitative estimate of drug-likeness (QED) is 0.809. The highest BCUT2D eigenvalue weighted by Crippen LogP contribution is 2.23. The molecule has 0 bridgehead atoms. The van der Waals surface area contributed by atoms with E-state index in [2.05, 4.69) is 25.5 Å². The van der Waals surface area contributed by atoms with E-state index in [0.717, 1.165) is 0 Å². The Labute approximate surface area is 169 Å². The Morgan fingerprint density at radius 2 is 2.00 bits per heavy atom. The number of aryl methyl sites for hydroxylation is 1. The molecule has 0 saturated heterocycles. The van der Waals surface area contributed by atoms with E-state index in [1.54, 1.807) is 26.1 Å². The number of carbonyl (C=O) groups is 2. The van der Waals surface area contributed by atoms with E-state index in [-0.39, 0.29) is 22.4 Å². The zero-order valence-corrected chi connectivity index (χ0v) is 16.2. The lowest BCUT2D eigenvalue weighted by atomic mass is 10.1. The van der Waals surface area contributed by atoms with Crippen LogP contribution in [-0.4, -0.2) is 51.7 Å². The molecule has 1 aromatic carbocycles. The number of nitrogens with zero attached hydrogens (tertiary/aromatic N) is 6. The van der Waals surface area contributed by atoms with Crippen LogP contribution in [-0.2, 0) is 4.79 Å².